The maximum absolute atomic E-state index is 12.7. The number of rotatable bonds is 2. The first-order chi connectivity index (χ1) is 9.70. The summed E-state index contributed by atoms with van der Waals surface area (Å²) in [5.41, 5.74) is 1.24. The number of amides is 2. The lowest BCUT2D eigenvalue weighted by atomic mass is 10.1. The number of hydrogen-bond donors (Lipinski definition) is 1. The van der Waals surface area contributed by atoms with Crippen molar-refractivity contribution >= 4 is 23.6 Å². The first-order valence-corrected chi connectivity index (χ1v) is 7.85. The van der Waals surface area contributed by atoms with E-state index in [1.54, 1.807) is 23.7 Å². The number of thioether (sulfide) groups is 1. The summed E-state index contributed by atoms with van der Waals surface area (Å²) in [6.45, 7) is 0.699. The number of carbonyl (C=O) groups is 2. The molecular weight excluding hydrogens is 272 g/mol. The standard InChI is InChI=1S/C15H18N2O2S/c1-16-14(18)11-6-4-8-17(11)15(19)13-9-10-5-2-3-7-12(10)20-13/h2-3,5,7,11,13H,4,6,8-9H2,1H3,(H,16,18)/t11-,13+/m0/s1. The zero-order valence-corrected chi connectivity index (χ0v) is 12.3. The van der Waals surface area contributed by atoms with Gasteiger partial charge in [-0.3, -0.25) is 9.59 Å². The number of likely N-dealkylation sites (N-methyl/N-ethyl adjacent to an activating group) is 1. The number of benzene rings is 1. The van der Waals surface area contributed by atoms with Crippen molar-refractivity contribution in [2.24, 2.45) is 0 Å². The smallest absolute Gasteiger partial charge is 0.242 e. The van der Waals surface area contributed by atoms with Gasteiger partial charge in [0.2, 0.25) is 11.8 Å². The number of nitrogens with one attached hydrogen (secondary N) is 1. The maximum Gasteiger partial charge on any atom is 0.242 e. The van der Waals surface area contributed by atoms with Crippen LogP contribution in [0.25, 0.3) is 0 Å². The molecule has 0 radical (unpaired) electrons. The van der Waals surface area contributed by atoms with Crippen LogP contribution in [-0.4, -0.2) is 41.6 Å². The highest BCUT2D eigenvalue weighted by Gasteiger charge is 2.38. The Labute approximate surface area is 122 Å². The van der Waals surface area contributed by atoms with Crippen molar-refractivity contribution in [1.29, 1.82) is 0 Å². The highest BCUT2D eigenvalue weighted by atomic mass is 32.2. The van der Waals surface area contributed by atoms with Gasteiger partial charge in [-0.25, -0.2) is 0 Å². The van der Waals surface area contributed by atoms with E-state index in [0.717, 1.165) is 19.3 Å². The molecule has 2 aliphatic rings. The summed E-state index contributed by atoms with van der Waals surface area (Å²) in [4.78, 5) is 27.5. The third kappa shape index (κ3) is 2.30. The zero-order valence-electron chi connectivity index (χ0n) is 11.5. The summed E-state index contributed by atoms with van der Waals surface area (Å²) in [7, 11) is 1.63. The molecule has 0 bridgehead atoms. The van der Waals surface area contributed by atoms with Gasteiger partial charge in [-0.15, -0.1) is 11.8 Å². The van der Waals surface area contributed by atoms with Gasteiger partial charge in [0.05, 0.1) is 5.25 Å². The van der Waals surface area contributed by atoms with Gasteiger partial charge < -0.3 is 10.2 Å². The Kier molecular flexibility index (Phi) is 3.70. The first-order valence-electron chi connectivity index (χ1n) is 6.97. The molecule has 2 amide bonds. The van der Waals surface area contributed by atoms with Crippen LogP contribution in [0.1, 0.15) is 18.4 Å². The second-order valence-corrected chi connectivity index (χ2v) is 6.47. The molecule has 2 heterocycles. The van der Waals surface area contributed by atoms with E-state index in [2.05, 4.69) is 17.4 Å². The fourth-order valence-corrected chi connectivity index (χ4v) is 4.24. The Hall–Kier alpha value is -1.49. The Balaban J connectivity index is 1.73. The lowest BCUT2D eigenvalue weighted by molar-refractivity contribution is -0.137. The van der Waals surface area contributed by atoms with Gasteiger partial charge in [-0.05, 0) is 30.9 Å². The number of fused-ring (bicyclic) bond motifs is 1. The van der Waals surface area contributed by atoms with Gasteiger partial charge in [-0.1, -0.05) is 18.2 Å². The van der Waals surface area contributed by atoms with E-state index in [0.29, 0.717) is 6.54 Å². The summed E-state index contributed by atoms with van der Waals surface area (Å²) in [6, 6.07) is 7.87. The maximum atomic E-state index is 12.7. The molecule has 2 aliphatic heterocycles. The Morgan fingerprint density at radius 1 is 1.35 bits per heavy atom. The minimum Gasteiger partial charge on any atom is -0.357 e. The topological polar surface area (TPSA) is 49.4 Å². The van der Waals surface area contributed by atoms with Crippen LogP contribution in [-0.2, 0) is 16.0 Å². The average molecular weight is 290 g/mol. The molecule has 0 unspecified atom stereocenters. The van der Waals surface area contributed by atoms with Crippen LogP contribution >= 0.6 is 11.8 Å². The normalized spacial score (nSPS) is 24.6. The molecular formula is C15H18N2O2S. The predicted octanol–water partition coefficient (Wildman–Crippen LogP) is 1.44. The predicted molar refractivity (Wildman–Crippen MR) is 78.6 cm³/mol. The zero-order chi connectivity index (χ0) is 14.1. The highest BCUT2D eigenvalue weighted by molar-refractivity contribution is 8.01. The van der Waals surface area contributed by atoms with E-state index >= 15 is 0 Å². The Bertz CT molecular complexity index is 521. The lowest BCUT2D eigenvalue weighted by Crippen LogP contribution is -2.47. The molecule has 106 valence electrons. The third-order valence-electron chi connectivity index (χ3n) is 4.01. The lowest BCUT2D eigenvalue weighted by Gasteiger charge is -2.25. The molecule has 0 spiro atoms. The van der Waals surface area contributed by atoms with Crippen molar-refractivity contribution < 1.29 is 9.59 Å². The molecule has 3 rings (SSSR count). The second-order valence-electron chi connectivity index (χ2n) is 5.22. The van der Waals surface area contributed by atoms with Crippen molar-refractivity contribution in [1.82, 2.24) is 10.2 Å². The molecule has 4 nitrogen and oxygen atoms in total. The van der Waals surface area contributed by atoms with Gasteiger partial charge in [0.15, 0.2) is 0 Å². The molecule has 5 heteroatoms. The van der Waals surface area contributed by atoms with E-state index < -0.39 is 0 Å². The fraction of sp³-hybridized carbons (Fsp3) is 0.467. The van der Waals surface area contributed by atoms with Crippen molar-refractivity contribution in [3.63, 3.8) is 0 Å². The van der Waals surface area contributed by atoms with Crippen LogP contribution in [0.2, 0.25) is 0 Å². The number of likely N-dealkylation sites (tertiary alicyclic amines) is 1. The first kappa shape index (κ1) is 13.5. The van der Waals surface area contributed by atoms with E-state index in [9.17, 15) is 9.59 Å². The van der Waals surface area contributed by atoms with E-state index in [1.165, 1.54) is 10.5 Å². The van der Waals surface area contributed by atoms with Crippen LogP contribution in [0, 0.1) is 0 Å². The van der Waals surface area contributed by atoms with Crippen molar-refractivity contribution in [3.8, 4) is 0 Å². The molecule has 1 fully saturated rings. The van der Waals surface area contributed by atoms with Crippen LogP contribution in [0.15, 0.2) is 29.2 Å². The van der Waals surface area contributed by atoms with E-state index in [-0.39, 0.29) is 23.1 Å². The number of carbonyl (C=O) groups excluding carboxylic acids is 2. The molecule has 2 atom stereocenters. The summed E-state index contributed by atoms with van der Waals surface area (Å²) < 4.78 is 0. The minimum absolute atomic E-state index is 0.0450. The number of hydrogen-bond acceptors (Lipinski definition) is 3. The van der Waals surface area contributed by atoms with Gasteiger partial charge in [0.25, 0.3) is 0 Å². The second kappa shape index (κ2) is 5.48. The van der Waals surface area contributed by atoms with Crippen molar-refractivity contribution in [3.05, 3.63) is 29.8 Å². The van der Waals surface area contributed by atoms with Crippen LogP contribution in [0.5, 0.6) is 0 Å². The minimum atomic E-state index is -0.281. The third-order valence-corrected chi connectivity index (χ3v) is 5.31. The van der Waals surface area contributed by atoms with Gasteiger partial charge in [0, 0.05) is 18.5 Å². The van der Waals surface area contributed by atoms with E-state index in [4.69, 9.17) is 0 Å². The molecule has 1 N–H and O–H groups in total. The Morgan fingerprint density at radius 3 is 2.90 bits per heavy atom. The quantitative estimate of drug-likeness (QED) is 0.896. The largest absolute Gasteiger partial charge is 0.357 e. The fourth-order valence-electron chi connectivity index (χ4n) is 2.97. The molecule has 1 aromatic rings. The number of nitrogens with zero attached hydrogens (tertiary/aromatic N) is 1. The molecule has 0 aliphatic carbocycles. The van der Waals surface area contributed by atoms with Crippen molar-refractivity contribution in [2.75, 3.05) is 13.6 Å². The average Bonchev–Trinajstić information content (AvgIpc) is 3.11. The summed E-state index contributed by atoms with van der Waals surface area (Å²) in [5, 5.41) is 2.59. The van der Waals surface area contributed by atoms with E-state index in [1.807, 2.05) is 12.1 Å². The molecule has 0 saturated carbocycles. The molecule has 1 saturated heterocycles. The van der Waals surface area contributed by atoms with Crippen molar-refractivity contribution in [2.45, 2.75) is 35.4 Å². The van der Waals surface area contributed by atoms with Crippen LogP contribution < -0.4 is 5.32 Å². The molecule has 1 aromatic carbocycles. The highest BCUT2D eigenvalue weighted by Crippen LogP contribution is 2.38. The van der Waals surface area contributed by atoms with Gasteiger partial charge >= 0.3 is 0 Å². The Morgan fingerprint density at radius 2 is 2.15 bits per heavy atom. The molecule has 20 heavy (non-hydrogen) atoms. The summed E-state index contributed by atoms with van der Waals surface area (Å²) >= 11 is 1.63. The SMILES string of the molecule is CNC(=O)[C@@H]1CCCN1C(=O)[C@H]1Cc2ccccc2S1. The summed E-state index contributed by atoms with van der Waals surface area (Å²) in [6.07, 6.45) is 2.46. The van der Waals surface area contributed by atoms with Gasteiger partial charge in [0.1, 0.15) is 6.04 Å². The summed E-state index contributed by atoms with van der Waals surface area (Å²) in [5.74, 6) is 0.0636. The van der Waals surface area contributed by atoms with Crippen LogP contribution in [0.4, 0.5) is 0 Å². The van der Waals surface area contributed by atoms with Crippen LogP contribution in [0.3, 0.4) is 0 Å². The molecule has 0 aromatic heterocycles. The van der Waals surface area contributed by atoms with Gasteiger partial charge in [-0.2, -0.15) is 0 Å². The monoisotopic (exact) mass is 290 g/mol.